The van der Waals surface area contributed by atoms with E-state index in [0.717, 1.165) is 37.0 Å². The van der Waals surface area contributed by atoms with Gasteiger partial charge in [-0.3, -0.25) is 9.69 Å². The standard InChI is InChI=1S/C25H27F3N4O2/c1-24(19-9-8-17-4-2-5-18(17)14-19)22(33)32(23(34)29-24)16-30-10-12-31(13-11-30)21-7-3-6-20(15-21)25(26,27)28/h3,6-9,14-15H,2,4-5,10-13,16H2,1H3,(H,29,34)/t24-/m1/s1. The van der Waals surface area contributed by atoms with Crippen molar-refractivity contribution in [3.8, 4) is 0 Å². The summed E-state index contributed by atoms with van der Waals surface area (Å²) in [6, 6.07) is 10.9. The first-order chi connectivity index (χ1) is 16.1. The molecule has 1 aliphatic carbocycles. The first-order valence-corrected chi connectivity index (χ1v) is 11.6. The Bertz CT molecular complexity index is 1130. The molecule has 2 saturated heterocycles. The molecule has 2 aliphatic heterocycles. The van der Waals surface area contributed by atoms with Crippen LogP contribution in [0.3, 0.4) is 0 Å². The van der Waals surface area contributed by atoms with E-state index in [0.29, 0.717) is 31.9 Å². The average molecular weight is 473 g/mol. The first kappa shape index (κ1) is 22.7. The maximum absolute atomic E-state index is 13.3. The fraction of sp³-hybridized carbons (Fsp3) is 0.440. The number of hydrogen-bond donors (Lipinski definition) is 1. The largest absolute Gasteiger partial charge is 0.416 e. The number of anilines is 1. The second kappa shape index (κ2) is 8.30. The molecule has 1 atom stereocenters. The minimum Gasteiger partial charge on any atom is -0.369 e. The number of carbonyl (C=O) groups excluding carboxylic acids is 2. The van der Waals surface area contributed by atoms with Crippen molar-refractivity contribution in [1.82, 2.24) is 15.1 Å². The SMILES string of the molecule is C[C@]1(c2ccc3c(c2)CCC3)NC(=O)N(CN2CCN(c3cccc(C(F)(F)F)c3)CC2)C1=O. The lowest BCUT2D eigenvalue weighted by molar-refractivity contribution is -0.137. The zero-order valence-corrected chi connectivity index (χ0v) is 19.0. The molecule has 3 amide bonds. The Hall–Kier alpha value is -3.07. The highest BCUT2D eigenvalue weighted by Gasteiger charge is 2.49. The minimum atomic E-state index is -4.38. The van der Waals surface area contributed by atoms with Crippen LogP contribution >= 0.6 is 0 Å². The summed E-state index contributed by atoms with van der Waals surface area (Å²) in [5, 5.41) is 2.88. The Balaban J connectivity index is 1.24. The molecule has 9 heteroatoms. The predicted octanol–water partition coefficient (Wildman–Crippen LogP) is 3.74. The number of rotatable bonds is 4. The van der Waals surface area contributed by atoms with Crippen molar-refractivity contribution in [3.63, 3.8) is 0 Å². The normalized spacial score (nSPS) is 23.4. The van der Waals surface area contributed by atoms with Crippen LogP contribution in [0.25, 0.3) is 0 Å². The number of piperazine rings is 1. The summed E-state index contributed by atoms with van der Waals surface area (Å²) in [7, 11) is 0. The molecule has 1 N–H and O–H groups in total. The van der Waals surface area contributed by atoms with Gasteiger partial charge in [-0.15, -0.1) is 0 Å². The van der Waals surface area contributed by atoms with Gasteiger partial charge in [-0.2, -0.15) is 13.2 Å². The van der Waals surface area contributed by atoms with E-state index in [9.17, 15) is 22.8 Å². The van der Waals surface area contributed by atoms with Gasteiger partial charge in [0, 0.05) is 31.9 Å². The average Bonchev–Trinajstić information content (AvgIpc) is 3.37. The highest BCUT2D eigenvalue weighted by Crippen LogP contribution is 2.34. The Morgan fingerprint density at radius 2 is 1.71 bits per heavy atom. The lowest BCUT2D eigenvalue weighted by Gasteiger charge is -2.37. The van der Waals surface area contributed by atoms with Crippen LogP contribution < -0.4 is 10.2 Å². The number of nitrogens with one attached hydrogen (secondary N) is 1. The summed E-state index contributed by atoms with van der Waals surface area (Å²) in [5.74, 6) is -0.282. The minimum absolute atomic E-state index is 0.154. The summed E-state index contributed by atoms with van der Waals surface area (Å²) >= 11 is 0. The molecule has 5 rings (SSSR count). The van der Waals surface area contributed by atoms with Gasteiger partial charge in [0.2, 0.25) is 0 Å². The van der Waals surface area contributed by atoms with Crippen molar-refractivity contribution in [1.29, 1.82) is 0 Å². The van der Waals surface area contributed by atoms with Crippen LogP contribution in [0.4, 0.5) is 23.7 Å². The highest BCUT2D eigenvalue weighted by molar-refractivity contribution is 6.07. The Labute approximate surface area is 196 Å². The molecule has 6 nitrogen and oxygen atoms in total. The molecule has 0 bridgehead atoms. The molecule has 2 aromatic rings. The molecule has 2 aromatic carbocycles. The number of alkyl halides is 3. The molecule has 0 aromatic heterocycles. The summed E-state index contributed by atoms with van der Waals surface area (Å²) < 4.78 is 39.1. The van der Waals surface area contributed by atoms with Gasteiger partial charge in [-0.05, 0) is 61.1 Å². The fourth-order valence-electron chi connectivity index (χ4n) is 5.13. The van der Waals surface area contributed by atoms with Gasteiger partial charge in [0.1, 0.15) is 5.54 Å². The van der Waals surface area contributed by atoms with Crippen molar-refractivity contribution in [2.45, 2.75) is 37.9 Å². The molecule has 180 valence electrons. The Kier molecular flexibility index (Phi) is 5.55. The monoisotopic (exact) mass is 472 g/mol. The van der Waals surface area contributed by atoms with E-state index >= 15 is 0 Å². The zero-order chi connectivity index (χ0) is 24.1. The smallest absolute Gasteiger partial charge is 0.369 e. The number of nitrogens with zero attached hydrogens (tertiary/aromatic N) is 3. The third-order valence-corrected chi connectivity index (χ3v) is 7.20. The summed E-state index contributed by atoms with van der Waals surface area (Å²) in [6.45, 7) is 3.98. The van der Waals surface area contributed by atoms with Crippen LogP contribution in [0, 0.1) is 0 Å². The molecular weight excluding hydrogens is 445 g/mol. The molecule has 0 unspecified atom stereocenters. The van der Waals surface area contributed by atoms with E-state index in [1.807, 2.05) is 21.9 Å². The molecule has 34 heavy (non-hydrogen) atoms. The Morgan fingerprint density at radius 1 is 0.971 bits per heavy atom. The van der Waals surface area contributed by atoms with Crippen LogP contribution in [0.2, 0.25) is 0 Å². The van der Waals surface area contributed by atoms with Crippen LogP contribution in [0.15, 0.2) is 42.5 Å². The lowest BCUT2D eigenvalue weighted by Crippen LogP contribution is -2.51. The number of hydrogen-bond acceptors (Lipinski definition) is 4. The zero-order valence-electron chi connectivity index (χ0n) is 19.0. The Morgan fingerprint density at radius 3 is 2.44 bits per heavy atom. The van der Waals surface area contributed by atoms with E-state index in [1.54, 1.807) is 13.0 Å². The van der Waals surface area contributed by atoms with Gasteiger partial charge in [-0.25, -0.2) is 9.69 Å². The maximum Gasteiger partial charge on any atom is 0.416 e. The maximum atomic E-state index is 13.3. The van der Waals surface area contributed by atoms with Crippen LogP contribution in [-0.2, 0) is 29.4 Å². The number of benzene rings is 2. The predicted molar refractivity (Wildman–Crippen MR) is 121 cm³/mol. The third kappa shape index (κ3) is 4.02. The highest BCUT2D eigenvalue weighted by atomic mass is 19.4. The van der Waals surface area contributed by atoms with E-state index < -0.39 is 23.3 Å². The molecule has 0 radical (unpaired) electrons. The van der Waals surface area contributed by atoms with Gasteiger partial charge in [0.05, 0.1) is 12.2 Å². The van der Waals surface area contributed by atoms with Crippen molar-refractivity contribution in [3.05, 3.63) is 64.7 Å². The second-order valence-corrected chi connectivity index (χ2v) is 9.42. The van der Waals surface area contributed by atoms with E-state index in [1.165, 1.54) is 22.1 Å². The number of urea groups is 1. The van der Waals surface area contributed by atoms with Crippen molar-refractivity contribution < 1.29 is 22.8 Å². The van der Waals surface area contributed by atoms with Crippen LogP contribution in [0.5, 0.6) is 0 Å². The van der Waals surface area contributed by atoms with Crippen LogP contribution in [-0.4, -0.2) is 54.6 Å². The number of fused-ring (bicyclic) bond motifs is 1. The van der Waals surface area contributed by atoms with Gasteiger partial charge in [0.15, 0.2) is 0 Å². The summed E-state index contributed by atoms with van der Waals surface area (Å²) in [4.78, 5) is 31.2. The summed E-state index contributed by atoms with van der Waals surface area (Å²) in [5.41, 5.74) is 2.09. The molecule has 2 fully saturated rings. The van der Waals surface area contributed by atoms with Crippen molar-refractivity contribution in [2.24, 2.45) is 0 Å². The number of carbonyl (C=O) groups is 2. The van der Waals surface area contributed by atoms with E-state index in [2.05, 4.69) is 11.4 Å². The van der Waals surface area contributed by atoms with Gasteiger partial charge < -0.3 is 10.2 Å². The van der Waals surface area contributed by atoms with Crippen LogP contribution in [0.1, 0.15) is 35.6 Å². The van der Waals surface area contributed by atoms with Gasteiger partial charge in [0.25, 0.3) is 5.91 Å². The number of amides is 3. The van der Waals surface area contributed by atoms with Gasteiger partial charge in [-0.1, -0.05) is 24.3 Å². The van der Waals surface area contributed by atoms with Crippen molar-refractivity contribution >= 4 is 17.6 Å². The number of aryl methyl sites for hydroxylation is 2. The van der Waals surface area contributed by atoms with Gasteiger partial charge >= 0.3 is 12.2 Å². The molecule has 2 heterocycles. The van der Waals surface area contributed by atoms with Crippen molar-refractivity contribution in [2.75, 3.05) is 37.7 Å². The molecule has 0 saturated carbocycles. The third-order valence-electron chi connectivity index (χ3n) is 7.20. The quantitative estimate of drug-likeness (QED) is 0.689. The van der Waals surface area contributed by atoms with E-state index in [-0.39, 0.29) is 12.6 Å². The van der Waals surface area contributed by atoms with E-state index in [4.69, 9.17) is 0 Å². The second-order valence-electron chi connectivity index (χ2n) is 9.42. The topological polar surface area (TPSA) is 55.9 Å². The number of halogens is 3. The molecule has 0 spiro atoms. The fourth-order valence-corrected chi connectivity index (χ4v) is 5.13. The summed E-state index contributed by atoms with van der Waals surface area (Å²) in [6.07, 6.45) is -1.24. The number of imide groups is 1. The molecule has 3 aliphatic rings. The molecular formula is C25H27F3N4O2. The lowest BCUT2D eigenvalue weighted by atomic mass is 9.90. The first-order valence-electron chi connectivity index (χ1n) is 11.6.